The molecule has 3 aromatic rings. The molecule has 3 rings (SSSR count). The molecule has 1 amide bonds. The Bertz CT molecular complexity index is 967. The van der Waals surface area contributed by atoms with E-state index in [0.717, 1.165) is 16.3 Å². The van der Waals surface area contributed by atoms with Gasteiger partial charge in [-0.25, -0.2) is 4.79 Å². The lowest BCUT2D eigenvalue weighted by Crippen LogP contribution is -2.31. The van der Waals surface area contributed by atoms with Gasteiger partial charge in [-0.3, -0.25) is 4.79 Å². The predicted molar refractivity (Wildman–Crippen MR) is 105 cm³/mol. The summed E-state index contributed by atoms with van der Waals surface area (Å²) in [4.78, 5) is 24.2. The summed E-state index contributed by atoms with van der Waals surface area (Å²) >= 11 is 0. The zero-order valence-corrected chi connectivity index (χ0v) is 15.3. The largest absolute Gasteiger partial charge is 0.482 e. The highest BCUT2D eigenvalue weighted by Crippen LogP contribution is 2.19. The van der Waals surface area contributed by atoms with Gasteiger partial charge in [-0.05, 0) is 48.4 Å². The third kappa shape index (κ3) is 4.85. The van der Waals surface area contributed by atoms with E-state index >= 15 is 0 Å². The number of ether oxygens (including phenoxy) is 2. The number of para-hydroxylation sites is 1. The molecule has 1 N–H and O–H groups in total. The lowest BCUT2D eigenvalue weighted by atomic mass is 10.1. The minimum absolute atomic E-state index is 0.252. The molecule has 1 atom stereocenters. The van der Waals surface area contributed by atoms with Crippen LogP contribution in [0.2, 0.25) is 0 Å². The topological polar surface area (TPSA) is 64.6 Å². The highest BCUT2D eigenvalue weighted by molar-refractivity contribution is 5.97. The number of nitrogens with one attached hydrogen (secondary N) is 1. The average Bonchev–Trinajstić information content (AvgIpc) is 2.67. The Morgan fingerprint density at radius 2 is 1.67 bits per heavy atom. The second-order valence-corrected chi connectivity index (χ2v) is 6.24. The molecule has 3 aromatic carbocycles. The molecule has 0 aliphatic heterocycles. The number of carbonyl (C=O) groups excluding carboxylic acids is 2. The molecule has 0 radical (unpaired) electrons. The Labute approximate surface area is 157 Å². The first-order valence-corrected chi connectivity index (χ1v) is 8.70. The fourth-order valence-corrected chi connectivity index (χ4v) is 2.65. The highest BCUT2D eigenvalue weighted by atomic mass is 16.6. The van der Waals surface area contributed by atoms with Crippen molar-refractivity contribution >= 4 is 28.3 Å². The van der Waals surface area contributed by atoms with Crippen LogP contribution < -0.4 is 10.1 Å². The maximum atomic E-state index is 12.3. The molecule has 0 aliphatic carbocycles. The lowest BCUT2D eigenvalue weighted by Gasteiger charge is -2.14. The lowest BCUT2D eigenvalue weighted by molar-refractivity contribution is -0.155. The molecule has 0 saturated heterocycles. The standard InChI is InChI=1S/C22H21NO4/c1-15-7-3-6-10-20(15)26-14-21(24)27-16(2)22(25)23-19-12-11-17-8-4-5-9-18(17)13-19/h3-13,16H,14H2,1-2H3,(H,23,25). The average molecular weight is 363 g/mol. The number of rotatable bonds is 6. The minimum atomic E-state index is -0.926. The zero-order chi connectivity index (χ0) is 19.2. The van der Waals surface area contributed by atoms with Crippen LogP contribution in [-0.2, 0) is 14.3 Å². The number of amides is 1. The molecular formula is C22H21NO4. The first kappa shape index (κ1) is 18.5. The van der Waals surface area contributed by atoms with Crippen molar-refractivity contribution in [2.24, 2.45) is 0 Å². The maximum Gasteiger partial charge on any atom is 0.344 e. The van der Waals surface area contributed by atoms with Crippen molar-refractivity contribution in [3.63, 3.8) is 0 Å². The van der Waals surface area contributed by atoms with Gasteiger partial charge in [0, 0.05) is 5.69 Å². The van der Waals surface area contributed by atoms with E-state index in [2.05, 4.69) is 5.32 Å². The zero-order valence-electron chi connectivity index (χ0n) is 15.3. The Morgan fingerprint density at radius 3 is 2.44 bits per heavy atom. The van der Waals surface area contributed by atoms with Crippen molar-refractivity contribution in [2.75, 3.05) is 11.9 Å². The predicted octanol–water partition coefficient (Wildman–Crippen LogP) is 4.10. The van der Waals surface area contributed by atoms with E-state index in [9.17, 15) is 9.59 Å². The van der Waals surface area contributed by atoms with Gasteiger partial charge in [-0.15, -0.1) is 0 Å². The van der Waals surface area contributed by atoms with Crippen molar-refractivity contribution in [1.29, 1.82) is 0 Å². The van der Waals surface area contributed by atoms with Crippen LogP contribution in [0.1, 0.15) is 12.5 Å². The van der Waals surface area contributed by atoms with Gasteiger partial charge in [0.2, 0.25) is 0 Å². The molecule has 0 bridgehead atoms. The number of esters is 1. The van der Waals surface area contributed by atoms with E-state index in [-0.39, 0.29) is 6.61 Å². The van der Waals surface area contributed by atoms with Crippen LogP contribution in [-0.4, -0.2) is 24.6 Å². The summed E-state index contributed by atoms with van der Waals surface area (Å²) in [7, 11) is 0. The summed E-state index contributed by atoms with van der Waals surface area (Å²) in [5, 5.41) is 4.87. The van der Waals surface area contributed by atoms with E-state index in [1.54, 1.807) is 6.07 Å². The number of fused-ring (bicyclic) bond motifs is 1. The van der Waals surface area contributed by atoms with Crippen LogP contribution in [0.3, 0.4) is 0 Å². The molecule has 0 spiro atoms. The summed E-state index contributed by atoms with van der Waals surface area (Å²) < 4.78 is 10.6. The van der Waals surface area contributed by atoms with Crippen molar-refractivity contribution in [2.45, 2.75) is 20.0 Å². The van der Waals surface area contributed by atoms with Crippen LogP contribution in [0.15, 0.2) is 66.7 Å². The monoisotopic (exact) mass is 363 g/mol. The van der Waals surface area contributed by atoms with E-state index in [4.69, 9.17) is 9.47 Å². The number of anilines is 1. The van der Waals surface area contributed by atoms with Crippen LogP contribution in [0, 0.1) is 6.92 Å². The summed E-state index contributed by atoms with van der Waals surface area (Å²) in [6.07, 6.45) is -0.926. The Morgan fingerprint density at radius 1 is 0.963 bits per heavy atom. The van der Waals surface area contributed by atoms with Gasteiger partial charge in [0.1, 0.15) is 5.75 Å². The van der Waals surface area contributed by atoms with Crippen LogP contribution in [0.4, 0.5) is 5.69 Å². The summed E-state index contributed by atoms with van der Waals surface area (Å²) in [6.45, 7) is 3.17. The molecule has 0 saturated carbocycles. The summed E-state index contributed by atoms with van der Waals surface area (Å²) in [5.41, 5.74) is 1.57. The third-order valence-electron chi connectivity index (χ3n) is 4.13. The molecule has 0 fully saturated rings. The second kappa shape index (κ2) is 8.36. The van der Waals surface area contributed by atoms with E-state index in [1.807, 2.05) is 67.6 Å². The van der Waals surface area contributed by atoms with Gasteiger partial charge in [-0.2, -0.15) is 0 Å². The fraction of sp³-hybridized carbons (Fsp3) is 0.182. The molecular weight excluding hydrogens is 342 g/mol. The smallest absolute Gasteiger partial charge is 0.344 e. The first-order chi connectivity index (χ1) is 13.0. The molecule has 5 nitrogen and oxygen atoms in total. The summed E-state index contributed by atoms with van der Waals surface area (Å²) in [5.74, 6) is -0.378. The minimum Gasteiger partial charge on any atom is -0.482 e. The molecule has 0 aromatic heterocycles. The van der Waals surface area contributed by atoms with Gasteiger partial charge in [0.05, 0.1) is 0 Å². The molecule has 0 aliphatic rings. The van der Waals surface area contributed by atoms with Gasteiger partial charge in [-0.1, -0.05) is 48.5 Å². The quantitative estimate of drug-likeness (QED) is 0.670. The molecule has 138 valence electrons. The van der Waals surface area contributed by atoms with Crippen molar-refractivity contribution in [3.8, 4) is 5.75 Å². The number of carbonyl (C=O) groups is 2. The van der Waals surface area contributed by atoms with E-state index < -0.39 is 18.0 Å². The molecule has 1 unspecified atom stereocenters. The summed E-state index contributed by atoms with van der Waals surface area (Å²) in [6, 6.07) is 20.9. The fourth-order valence-electron chi connectivity index (χ4n) is 2.65. The SMILES string of the molecule is Cc1ccccc1OCC(=O)OC(C)C(=O)Nc1ccc2ccccc2c1. The normalized spacial score (nSPS) is 11.6. The Kier molecular flexibility index (Phi) is 5.71. The van der Waals surface area contributed by atoms with Gasteiger partial charge < -0.3 is 14.8 Å². The van der Waals surface area contributed by atoms with Gasteiger partial charge in [0.25, 0.3) is 5.91 Å². The van der Waals surface area contributed by atoms with Crippen molar-refractivity contribution in [3.05, 3.63) is 72.3 Å². The second-order valence-electron chi connectivity index (χ2n) is 6.24. The third-order valence-corrected chi connectivity index (χ3v) is 4.13. The first-order valence-electron chi connectivity index (χ1n) is 8.70. The molecule has 5 heteroatoms. The van der Waals surface area contributed by atoms with Crippen LogP contribution in [0.25, 0.3) is 10.8 Å². The van der Waals surface area contributed by atoms with Crippen molar-refractivity contribution in [1.82, 2.24) is 0 Å². The van der Waals surface area contributed by atoms with Crippen molar-refractivity contribution < 1.29 is 19.1 Å². The van der Waals surface area contributed by atoms with Gasteiger partial charge in [0.15, 0.2) is 12.7 Å². The Balaban J connectivity index is 1.53. The van der Waals surface area contributed by atoms with E-state index in [1.165, 1.54) is 6.92 Å². The molecule has 27 heavy (non-hydrogen) atoms. The molecule has 0 heterocycles. The van der Waals surface area contributed by atoms with Gasteiger partial charge >= 0.3 is 5.97 Å². The Hall–Kier alpha value is -3.34. The number of aryl methyl sites for hydroxylation is 1. The number of benzene rings is 3. The maximum absolute atomic E-state index is 12.3. The number of hydrogen-bond acceptors (Lipinski definition) is 4. The van der Waals surface area contributed by atoms with E-state index in [0.29, 0.717) is 11.4 Å². The van der Waals surface area contributed by atoms with Crippen LogP contribution in [0.5, 0.6) is 5.75 Å². The van der Waals surface area contributed by atoms with Crippen LogP contribution >= 0.6 is 0 Å². The highest BCUT2D eigenvalue weighted by Gasteiger charge is 2.18. The number of hydrogen-bond donors (Lipinski definition) is 1.